The number of aromatic hydroxyl groups is 1. The van der Waals surface area contributed by atoms with Gasteiger partial charge in [-0.15, -0.1) is 0 Å². The van der Waals surface area contributed by atoms with E-state index in [2.05, 4.69) is 29.2 Å². The van der Waals surface area contributed by atoms with Crippen molar-refractivity contribution in [2.45, 2.75) is 12.5 Å². The van der Waals surface area contributed by atoms with E-state index < -0.39 is 0 Å². The molecule has 136 valence electrons. The van der Waals surface area contributed by atoms with Crippen LogP contribution < -0.4 is 4.90 Å². The number of benzene rings is 3. The Hall–Kier alpha value is -3.27. The van der Waals surface area contributed by atoms with E-state index in [1.165, 1.54) is 5.56 Å². The number of para-hydroxylation sites is 1. The van der Waals surface area contributed by atoms with Crippen molar-refractivity contribution in [3.8, 4) is 16.9 Å². The van der Waals surface area contributed by atoms with Crippen LogP contribution >= 0.6 is 0 Å². The third kappa shape index (κ3) is 3.04. The number of rotatable bonds is 3. The summed E-state index contributed by atoms with van der Waals surface area (Å²) in [6.07, 6.45) is 0.374. The highest BCUT2D eigenvalue weighted by Crippen LogP contribution is 2.49. The van der Waals surface area contributed by atoms with Crippen LogP contribution in [0.25, 0.3) is 11.1 Å². The molecule has 27 heavy (non-hydrogen) atoms. The second-order valence-electron chi connectivity index (χ2n) is 7.00. The highest BCUT2D eigenvalue weighted by atomic mass is 16.3. The van der Waals surface area contributed by atoms with Gasteiger partial charge in [0.15, 0.2) is 0 Å². The summed E-state index contributed by atoms with van der Waals surface area (Å²) in [5.74, 6) is 0.309. The highest BCUT2D eigenvalue weighted by molar-refractivity contribution is 5.90. The van der Waals surface area contributed by atoms with E-state index in [0.29, 0.717) is 6.42 Å². The fourth-order valence-electron chi connectivity index (χ4n) is 3.73. The van der Waals surface area contributed by atoms with Crippen LogP contribution in [0.4, 0.5) is 11.4 Å². The lowest BCUT2D eigenvalue weighted by Gasteiger charge is -2.40. The van der Waals surface area contributed by atoms with E-state index >= 15 is 0 Å². The summed E-state index contributed by atoms with van der Waals surface area (Å²) in [4.78, 5) is 16.5. The average molecular weight is 358 g/mol. The van der Waals surface area contributed by atoms with Gasteiger partial charge >= 0.3 is 0 Å². The van der Waals surface area contributed by atoms with E-state index in [9.17, 15) is 9.90 Å². The van der Waals surface area contributed by atoms with Gasteiger partial charge in [0.25, 0.3) is 0 Å². The molecule has 3 aromatic carbocycles. The minimum absolute atomic E-state index is 0.0814. The molecule has 1 aliphatic rings. The molecule has 1 aliphatic heterocycles. The monoisotopic (exact) mass is 358 g/mol. The lowest BCUT2D eigenvalue weighted by atomic mass is 9.86. The van der Waals surface area contributed by atoms with Gasteiger partial charge in [0.1, 0.15) is 5.75 Å². The second kappa shape index (κ2) is 6.80. The molecule has 0 bridgehead atoms. The summed E-state index contributed by atoms with van der Waals surface area (Å²) >= 11 is 0. The first-order valence-corrected chi connectivity index (χ1v) is 9.03. The van der Waals surface area contributed by atoms with Crippen LogP contribution in [0.15, 0.2) is 72.8 Å². The van der Waals surface area contributed by atoms with Crippen LogP contribution in [-0.2, 0) is 4.79 Å². The molecule has 3 aromatic rings. The predicted molar refractivity (Wildman–Crippen MR) is 108 cm³/mol. The summed E-state index contributed by atoms with van der Waals surface area (Å²) in [5, 5.41) is 9.71. The molecule has 4 nitrogen and oxygen atoms in total. The van der Waals surface area contributed by atoms with Crippen LogP contribution in [-0.4, -0.2) is 30.0 Å². The Morgan fingerprint density at radius 1 is 0.926 bits per heavy atom. The van der Waals surface area contributed by atoms with Crippen molar-refractivity contribution in [1.82, 2.24) is 4.90 Å². The zero-order valence-electron chi connectivity index (χ0n) is 15.5. The number of fused-ring (bicyclic) bond motifs is 3. The van der Waals surface area contributed by atoms with E-state index in [4.69, 9.17) is 0 Å². The summed E-state index contributed by atoms with van der Waals surface area (Å²) in [5.41, 5.74) is 5.47. The summed E-state index contributed by atoms with van der Waals surface area (Å²) in [6.45, 7) is 0. The van der Waals surface area contributed by atoms with E-state index in [0.717, 1.165) is 22.5 Å². The maximum atomic E-state index is 12.6. The van der Waals surface area contributed by atoms with Gasteiger partial charge in [-0.25, -0.2) is 0 Å². The Kier molecular flexibility index (Phi) is 4.32. The first-order chi connectivity index (χ1) is 13.1. The van der Waals surface area contributed by atoms with Gasteiger partial charge in [0, 0.05) is 31.0 Å². The Morgan fingerprint density at radius 2 is 1.56 bits per heavy atom. The van der Waals surface area contributed by atoms with Gasteiger partial charge < -0.3 is 14.9 Å². The van der Waals surface area contributed by atoms with Crippen molar-refractivity contribution in [2.24, 2.45) is 0 Å². The normalized spacial score (nSPS) is 15.0. The molecule has 1 amide bonds. The first-order valence-electron chi connectivity index (χ1n) is 9.03. The zero-order valence-corrected chi connectivity index (χ0v) is 15.5. The lowest BCUT2D eigenvalue weighted by Crippen LogP contribution is -2.33. The molecule has 0 saturated carbocycles. The van der Waals surface area contributed by atoms with Gasteiger partial charge in [-0.2, -0.15) is 0 Å². The molecule has 0 spiro atoms. The van der Waals surface area contributed by atoms with Crippen LogP contribution in [0.1, 0.15) is 18.0 Å². The molecule has 0 aromatic heterocycles. The van der Waals surface area contributed by atoms with Crippen LogP contribution in [0.3, 0.4) is 0 Å². The molecule has 4 rings (SSSR count). The van der Waals surface area contributed by atoms with Gasteiger partial charge in [0.05, 0.1) is 12.5 Å². The third-order valence-corrected chi connectivity index (χ3v) is 5.08. The number of amides is 1. The van der Waals surface area contributed by atoms with E-state index in [1.54, 1.807) is 31.1 Å². The largest absolute Gasteiger partial charge is 0.508 e. The molecule has 1 atom stereocenters. The number of carbonyl (C=O) groups is 1. The summed E-state index contributed by atoms with van der Waals surface area (Å²) < 4.78 is 0. The van der Waals surface area contributed by atoms with Gasteiger partial charge in [-0.3, -0.25) is 4.79 Å². The number of phenols is 1. The van der Waals surface area contributed by atoms with Crippen molar-refractivity contribution >= 4 is 17.3 Å². The zero-order chi connectivity index (χ0) is 19.0. The molecule has 0 saturated heterocycles. The van der Waals surface area contributed by atoms with Gasteiger partial charge in [0.2, 0.25) is 5.91 Å². The van der Waals surface area contributed by atoms with Crippen molar-refractivity contribution in [3.05, 3.63) is 78.4 Å². The minimum atomic E-state index is -0.115. The molecule has 0 aliphatic carbocycles. The summed E-state index contributed by atoms with van der Waals surface area (Å²) in [6, 6.07) is 23.6. The maximum absolute atomic E-state index is 12.6. The summed E-state index contributed by atoms with van der Waals surface area (Å²) in [7, 11) is 3.58. The molecule has 0 unspecified atom stereocenters. The molecule has 0 radical (unpaired) electrons. The number of anilines is 2. The topological polar surface area (TPSA) is 43.8 Å². The molecular weight excluding hydrogens is 336 g/mol. The fourth-order valence-corrected chi connectivity index (χ4v) is 3.73. The number of carbonyl (C=O) groups excluding carboxylic acids is 1. The smallest absolute Gasteiger partial charge is 0.224 e. The molecule has 4 heteroatoms. The third-order valence-electron chi connectivity index (χ3n) is 5.08. The van der Waals surface area contributed by atoms with Crippen molar-refractivity contribution in [1.29, 1.82) is 0 Å². The number of nitrogens with zero attached hydrogens (tertiary/aromatic N) is 2. The van der Waals surface area contributed by atoms with Crippen LogP contribution in [0.2, 0.25) is 0 Å². The maximum Gasteiger partial charge on any atom is 0.224 e. The number of phenolic OH excluding ortho intramolecular Hbond substituents is 1. The number of hydrogen-bond donors (Lipinski definition) is 1. The molecular formula is C23H22N2O2. The molecule has 0 fully saturated rings. The van der Waals surface area contributed by atoms with Crippen molar-refractivity contribution in [2.75, 3.05) is 19.0 Å². The Bertz CT molecular complexity index is 980. The molecule has 1 heterocycles. The van der Waals surface area contributed by atoms with Crippen LogP contribution in [0.5, 0.6) is 5.75 Å². The fraction of sp³-hybridized carbons (Fsp3) is 0.174. The number of hydrogen-bond acceptors (Lipinski definition) is 3. The van der Waals surface area contributed by atoms with Crippen LogP contribution in [0, 0.1) is 0 Å². The Morgan fingerprint density at radius 3 is 2.26 bits per heavy atom. The van der Waals surface area contributed by atoms with E-state index in [-0.39, 0.29) is 17.7 Å². The quantitative estimate of drug-likeness (QED) is 0.736. The minimum Gasteiger partial charge on any atom is -0.508 e. The standard InChI is InChI=1S/C23H22N2O2/c1-24(2)23(27)15-22-20-9-4-3-7-18(20)19-8-5-6-10-21(19)25(22)16-11-13-17(26)14-12-16/h3-14,22,26H,15H2,1-2H3/t22-/m1/s1. The van der Waals surface area contributed by atoms with Gasteiger partial charge in [-0.1, -0.05) is 42.5 Å². The highest BCUT2D eigenvalue weighted by Gasteiger charge is 2.33. The van der Waals surface area contributed by atoms with E-state index in [1.807, 2.05) is 36.4 Å². The average Bonchev–Trinajstić information content (AvgIpc) is 2.69. The molecule has 1 N–H and O–H groups in total. The predicted octanol–water partition coefficient (Wildman–Crippen LogP) is 4.73. The first kappa shape index (κ1) is 17.2. The Balaban J connectivity index is 1.92. The van der Waals surface area contributed by atoms with Crippen molar-refractivity contribution < 1.29 is 9.90 Å². The van der Waals surface area contributed by atoms with Crippen molar-refractivity contribution in [3.63, 3.8) is 0 Å². The lowest BCUT2D eigenvalue weighted by molar-refractivity contribution is -0.129. The SMILES string of the molecule is CN(C)C(=O)C[C@@H]1c2ccccc2-c2ccccc2N1c1ccc(O)cc1. The van der Waals surface area contributed by atoms with Gasteiger partial charge in [-0.05, 0) is 41.5 Å². The Labute approximate surface area is 159 Å². The second-order valence-corrected chi connectivity index (χ2v) is 7.00.